The van der Waals surface area contributed by atoms with Gasteiger partial charge in [-0.25, -0.2) is 8.42 Å². The summed E-state index contributed by atoms with van der Waals surface area (Å²) in [5.74, 6) is -0.302. The molecule has 2 saturated heterocycles. The second-order valence-corrected chi connectivity index (χ2v) is 7.66. The van der Waals surface area contributed by atoms with Crippen LogP contribution < -0.4 is 5.32 Å². The third kappa shape index (κ3) is 2.28. The third-order valence-corrected chi connectivity index (χ3v) is 6.40. The highest BCUT2D eigenvalue weighted by molar-refractivity contribution is 7.89. The topological polar surface area (TPSA) is 90.3 Å². The number of carbonyl (C=O) groups excluding carboxylic acids is 1. The van der Waals surface area contributed by atoms with Gasteiger partial charge in [-0.05, 0) is 43.5 Å². The molecular formula is C15H17N3O3S. The number of nitrogens with zero attached hydrogens (tertiary/aromatic N) is 2. The summed E-state index contributed by atoms with van der Waals surface area (Å²) in [4.78, 5) is 12.0. The number of rotatable bonds is 2. The first-order chi connectivity index (χ1) is 10.4. The molecule has 7 heteroatoms. The first-order valence-electron chi connectivity index (χ1n) is 7.25. The maximum Gasteiger partial charge on any atom is 0.243 e. The Labute approximate surface area is 129 Å². The Bertz CT molecular complexity index is 767. The van der Waals surface area contributed by atoms with Gasteiger partial charge in [0.2, 0.25) is 15.9 Å². The van der Waals surface area contributed by atoms with Crippen molar-refractivity contribution in [2.45, 2.75) is 30.7 Å². The Kier molecular flexibility index (Phi) is 3.67. The number of carbonyl (C=O) groups is 1. The van der Waals surface area contributed by atoms with Crippen LogP contribution in [0.25, 0.3) is 0 Å². The van der Waals surface area contributed by atoms with E-state index in [1.54, 1.807) is 6.92 Å². The van der Waals surface area contributed by atoms with Crippen molar-refractivity contribution in [2.75, 3.05) is 13.1 Å². The van der Waals surface area contributed by atoms with Crippen molar-refractivity contribution < 1.29 is 13.2 Å². The number of nitrogens with one attached hydrogen (secondary N) is 1. The predicted molar refractivity (Wildman–Crippen MR) is 79.3 cm³/mol. The van der Waals surface area contributed by atoms with Crippen LogP contribution in [0.3, 0.4) is 0 Å². The van der Waals surface area contributed by atoms with Crippen LogP contribution in [-0.2, 0) is 14.8 Å². The van der Waals surface area contributed by atoms with E-state index in [1.807, 2.05) is 6.07 Å². The second-order valence-electron chi connectivity index (χ2n) is 5.77. The summed E-state index contributed by atoms with van der Waals surface area (Å²) in [5, 5.41) is 11.7. The zero-order chi connectivity index (χ0) is 15.9. The number of amides is 1. The Hall–Kier alpha value is -1.91. The van der Waals surface area contributed by atoms with E-state index in [0.29, 0.717) is 30.6 Å². The standard InChI is InChI=1S/C15H17N3O3S/c1-10-7-12(5-4-11(10)8-16)22(20,21)18-6-2-3-13-14(18)9-17-15(13)19/h4-5,7,13-14H,2-3,6,9H2,1H3,(H,17,19)/t13-,14-/m1/s1. The van der Waals surface area contributed by atoms with Gasteiger partial charge in [-0.1, -0.05) is 0 Å². The second kappa shape index (κ2) is 5.38. The quantitative estimate of drug-likeness (QED) is 0.871. The summed E-state index contributed by atoms with van der Waals surface area (Å²) in [6.07, 6.45) is 1.41. The van der Waals surface area contributed by atoms with Crippen molar-refractivity contribution in [1.82, 2.24) is 9.62 Å². The van der Waals surface area contributed by atoms with Gasteiger partial charge >= 0.3 is 0 Å². The molecule has 0 bridgehead atoms. The van der Waals surface area contributed by atoms with Gasteiger partial charge in [0.15, 0.2) is 0 Å². The van der Waals surface area contributed by atoms with Crippen LogP contribution in [0.5, 0.6) is 0 Å². The smallest absolute Gasteiger partial charge is 0.243 e. The van der Waals surface area contributed by atoms with Crippen molar-refractivity contribution >= 4 is 15.9 Å². The van der Waals surface area contributed by atoms with E-state index in [9.17, 15) is 13.2 Å². The van der Waals surface area contributed by atoms with E-state index in [2.05, 4.69) is 5.32 Å². The minimum atomic E-state index is -3.66. The normalized spacial score (nSPS) is 25.4. The summed E-state index contributed by atoms with van der Waals surface area (Å²) >= 11 is 0. The lowest BCUT2D eigenvalue weighted by molar-refractivity contribution is -0.123. The van der Waals surface area contributed by atoms with Crippen molar-refractivity contribution in [2.24, 2.45) is 5.92 Å². The van der Waals surface area contributed by atoms with E-state index in [4.69, 9.17) is 5.26 Å². The molecule has 0 aromatic heterocycles. The minimum Gasteiger partial charge on any atom is -0.354 e. The molecule has 6 nitrogen and oxygen atoms in total. The number of aryl methyl sites for hydroxylation is 1. The molecule has 0 unspecified atom stereocenters. The highest BCUT2D eigenvalue weighted by Gasteiger charge is 2.45. The van der Waals surface area contributed by atoms with E-state index in [-0.39, 0.29) is 22.8 Å². The average Bonchev–Trinajstić information content (AvgIpc) is 2.88. The Morgan fingerprint density at radius 1 is 1.41 bits per heavy atom. The molecule has 2 atom stereocenters. The van der Waals surface area contributed by atoms with Gasteiger partial charge < -0.3 is 5.32 Å². The number of piperidine rings is 1. The van der Waals surface area contributed by atoms with Crippen LogP contribution >= 0.6 is 0 Å². The van der Waals surface area contributed by atoms with Crippen LogP contribution in [-0.4, -0.2) is 37.8 Å². The molecule has 2 fully saturated rings. The Morgan fingerprint density at radius 3 is 2.86 bits per heavy atom. The van der Waals surface area contributed by atoms with Crippen molar-refractivity contribution in [3.63, 3.8) is 0 Å². The zero-order valence-corrected chi connectivity index (χ0v) is 13.1. The molecule has 22 heavy (non-hydrogen) atoms. The molecule has 1 N–H and O–H groups in total. The van der Waals surface area contributed by atoms with E-state index in [1.165, 1.54) is 22.5 Å². The SMILES string of the molecule is Cc1cc(S(=O)(=O)N2CCC[C@H]3C(=O)NC[C@H]32)ccc1C#N. The summed E-state index contributed by atoms with van der Waals surface area (Å²) in [6.45, 7) is 2.52. The van der Waals surface area contributed by atoms with Gasteiger partial charge in [0, 0.05) is 13.1 Å². The van der Waals surface area contributed by atoms with E-state index >= 15 is 0 Å². The molecule has 2 heterocycles. The molecule has 0 aliphatic carbocycles. The van der Waals surface area contributed by atoms with Crippen LogP contribution in [0, 0.1) is 24.2 Å². The highest BCUT2D eigenvalue weighted by Crippen LogP contribution is 2.32. The number of nitriles is 1. The van der Waals surface area contributed by atoms with Crippen LogP contribution in [0.4, 0.5) is 0 Å². The largest absolute Gasteiger partial charge is 0.354 e. The molecule has 0 spiro atoms. The molecule has 2 aliphatic heterocycles. The summed E-state index contributed by atoms with van der Waals surface area (Å²) in [6, 6.07) is 6.26. The first-order valence-corrected chi connectivity index (χ1v) is 8.69. The molecule has 116 valence electrons. The molecule has 0 radical (unpaired) electrons. The first kappa shape index (κ1) is 15.0. The number of benzene rings is 1. The number of hydrogen-bond acceptors (Lipinski definition) is 4. The molecule has 1 aromatic carbocycles. The lowest BCUT2D eigenvalue weighted by Crippen LogP contribution is -2.48. The molecule has 2 aliphatic rings. The van der Waals surface area contributed by atoms with Crippen LogP contribution in [0.1, 0.15) is 24.0 Å². The third-order valence-electron chi connectivity index (χ3n) is 4.48. The molecule has 3 rings (SSSR count). The van der Waals surface area contributed by atoms with Crippen LogP contribution in [0.15, 0.2) is 23.1 Å². The molecule has 1 aromatic rings. The van der Waals surface area contributed by atoms with Crippen molar-refractivity contribution in [3.05, 3.63) is 29.3 Å². The lowest BCUT2D eigenvalue weighted by atomic mass is 9.93. The number of fused-ring (bicyclic) bond motifs is 1. The van der Waals surface area contributed by atoms with Gasteiger partial charge in [0.05, 0.1) is 28.5 Å². The number of hydrogen-bond donors (Lipinski definition) is 1. The van der Waals surface area contributed by atoms with E-state index in [0.717, 1.165) is 6.42 Å². The minimum absolute atomic E-state index is 0.0547. The lowest BCUT2D eigenvalue weighted by Gasteiger charge is -2.34. The molecule has 1 amide bonds. The molecular weight excluding hydrogens is 302 g/mol. The fourth-order valence-corrected chi connectivity index (χ4v) is 5.05. The van der Waals surface area contributed by atoms with Crippen molar-refractivity contribution in [3.8, 4) is 6.07 Å². The summed E-state index contributed by atoms with van der Waals surface area (Å²) in [7, 11) is -3.66. The number of sulfonamides is 1. The molecule has 0 saturated carbocycles. The van der Waals surface area contributed by atoms with Crippen LogP contribution in [0.2, 0.25) is 0 Å². The highest BCUT2D eigenvalue weighted by atomic mass is 32.2. The maximum absolute atomic E-state index is 12.9. The van der Waals surface area contributed by atoms with E-state index < -0.39 is 10.0 Å². The Morgan fingerprint density at radius 2 is 2.18 bits per heavy atom. The van der Waals surface area contributed by atoms with Gasteiger partial charge in [-0.3, -0.25) is 4.79 Å². The average molecular weight is 319 g/mol. The van der Waals surface area contributed by atoms with Crippen molar-refractivity contribution in [1.29, 1.82) is 5.26 Å². The summed E-state index contributed by atoms with van der Waals surface area (Å²) < 4.78 is 27.2. The monoisotopic (exact) mass is 319 g/mol. The summed E-state index contributed by atoms with van der Waals surface area (Å²) in [5.41, 5.74) is 1.10. The van der Waals surface area contributed by atoms with Gasteiger partial charge in [0.1, 0.15) is 0 Å². The zero-order valence-electron chi connectivity index (χ0n) is 12.2. The fourth-order valence-electron chi connectivity index (χ4n) is 3.27. The van der Waals surface area contributed by atoms with Gasteiger partial charge in [0.25, 0.3) is 0 Å². The van der Waals surface area contributed by atoms with Gasteiger partial charge in [-0.2, -0.15) is 9.57 Å². The maximum atomic E-state index is 12.9. The fraction of sp³-hybridized carbons (Fsp3) is 0.467. The predicted octanol–water partition coefficient (Wildman–Crippen LogP) is 0.766. The Balaban J connectivity index is 1.97. The van der Waals surface area contributed by atoms with Gasteiger partial charge in [-0.15, -0.1) is 0 Å².